The molecule has 0 unspecified atom stereocenters. The van der Waals surface area contributed by atoms with Gasteiger partial charge in [0.25, 0.3) is 0 Å². The Kier molecular flexibility index (Phi) is 10.5. The highest BCUT2D eigenvalue weighted by Crippen LogP contribution is 2.47. The number of carbonyl (C=O) groups is 1. The molecule has 0 atom stereocenters. The zero-order valence-corrected chi connectivity index (χ0v) is 21.0. The van der Waals surface area contributed by atoms with Crippen molar-refractivity contribution in [2.45, 2.75) is 122 Å². The second-order valence-electron chi connectivity index (χ2n) is 10.6. The molecule has 1 N–H and O–H groups in total. The van der Waals surface area contributed by atoms with E-state index in [0.29, 0.717) is 5.75 Å². The van der Waals surface area contributed by atoms with Gasteiger partial charge >= 0.3 is 6.16 Å². The minimum atomic E-state index is -1.27. The summed E-state index contributed by atoms with van der Waals surface area (Å²) in [5.41, 5.74) is 0.638. The third-order valence-electron chi connectivity index (χ3n) is 6.62. The maximum atomic E-state index is 11.1. The molecule has 1 aliphatic heterocycles. The summed E-state index contributed by atoms with van der Waals surface area (Å²) in [6.07, 6.45) is 12.3. The molecule has 0 radical (unpaired) electrons. The smallest absolute Gasteiger partial charge is 0.449 e. The first-order chi connectivity index (χ1) is 15.2. The second kappa shape index (κ2) is 12.6. The summed E-state index contributed by atoms with van der Waals surface area (Å²) in [5.74, 6) is 0.656. The van der Waals surface area contributed by atoms with Crippen LogP contribution in [0.2, 0.25) is 0 Å². The molecule has 1 aliphatic rings. The van der Waals surface area contributed by atoms with Gasteiger partial charge in [-0.15, -0.1) is 0 Å². The van der Waals surface area contributed by atoms with E-state index >= 15 is 0 Å². The van der Waals surface area contributed by atoms with Gasteiger partial charge in [0, 0.05) is 11.1 Å². The lowest BCUT2D eigenvalue weighted by atomic mass is 9.72. The average molecular weight is 448 g/mol. The molecule has 1 aromatic rings. The zero-order valence-electron chi connectivity index (χ0n) is 21.0. The Bertz CT molecular complexity index is 683. The first kappa shape index (κ1) is 26.7. The minimum Gasteiger partial charge on any atom is -0.449 e. The highest BCUT2D eigenvalue weighted by Gasteiger charge is 2.47. The Hall–Kier alpha value is -1.59. The lowest BCUT2D eigenvalue weighted by Gasteiger charge is -2.54. The summed E-state index contributed by atoms with van der Waals surface area (Å²) in [6, 6.07) is 7.52. The third kappa shape index (κ3) is 8.08. The number of hydroxylamine groups is 2. The maximum absolute atomic E-state index is 11.1. The standard InChI is InChI=1S/C27H45NO4/c1-6-7-8-9-10-11-12-13-16-19-31-28-26(2,3)20-22(21-27(28,4)5)23-17-14-15-18-24(23)32-25(29)30/h14-15,17-18,22H,6-13,16,19-21H2,1-5H3,(H,29,30). The molecule has 0 bridgehead atoms. The van der Waals surface area contributed by atoms with E-state index in [1.807, 2.05) is 18.2 Å². The summed E-state index contributed by atoms with van der Waals surface area (Å²) in [7, 11) is 0. The van der Waals surface area contributed by atoms with Gasteiger partial charge in [0.15, 0.2) is 0 Å². The van der Waals surface area contributed by atoms with Crippen LogP contribution < -0.4 is 4.74 Å². The van der Waals surface area contributed by atoms with Crippen LogP contribution in [0.15, 0.2) is 24.3 Å². The predicted molar refractivity (Wildman–Crippen MR) is 130 cm³/mol. The van der Waals surface area contributed by atoms with Crippen molar-refractivity contribution in [1.29, 1.82) is 0 Å². The van der Waals surface area contributed by atoms with Crippen molar-refractivity contribution in [3.63, 3.8) is 0 Å². The Balaban J connectivity index is 1.86. The summed E-state index contributed by atoms with van der Waals surface area (Å²) < 4.78 is 5.07. The van der Waals surface area contributed by atoms with Crippen LogP contribution in [-0.2, 0) is 4.84 Å². The van der Waals surface area contributed by atoms with Crippen LogP contribution >= 0.6 is 0 Å². The van der Waals surface area contributed by atoms with Gasteiger partial charge < -0.3 is 9.84 Å². The normalized spacial score (nSPS) is 18.5. The van der Waals surface area contributed by atoms with Crippen LogP contribution in [0.5, 0.6) is 5.75 Å². The fraction of sp³-hybridized carbons (Fsp3) is 0.741. The van der Waals surface area contributed by atoms with E-state index in [-0.39, 0.29) is 17.0 Å². The molecule has 2 rings (SSSR count). The van der Waals surface area contributed by atoms with E-state index < -0.39 is 6.16 Å². The molecular weight excluding hydrogens is 402 g/mol. The van der Waals surface area contributed by atoms with Gasteiger partial charge in [0.1, 0.15) is 5.75 Å². The van der Waals surface area contributed by atoms with Gasteiger partial charge in [-0.25, -0.2) is 4.79 Å². The first-order valence-electron chi connectivity index (χ1n) is 12.6. The molecule has 5 heteroatoms. The van der Waals surface area contributed by atoms with Gasteiger partial charge in [-0.2, -0.15) is 5.06 Å². The molecule has 1 saturated heterocycles. The molecule has 1 heterocycles. The molecule has 1 aromatic carbocycles. The van der Waals surface area contributed by atoms with Crippen molar-refractivity contribution < 1.29 is 19.5 Å². The third-order valence-corrected chi connectivity index (χ3v) is 6.62. The Morgan fingerprint density at radius 2 is 1.47 bits per heavy atom. The summed E-state index contributed by atoms with van der Waals surface area (Å²) in [4.78, 5) is 17.5. The van der Waals surface area contributed by atoms with Crippen molar-refractivity contribution in [1.82, 2.24) is 5.06 Å². The van der Waals surface area contributed by atoms with Crippen LogP contribution in [0.3, 0.4) is 0 Å². The highest BCUT2D eigenvalue weighted by molar-refractivity contribution is 5.62. The molecule has 5 nitrogen and oxygen atoms in total. The second-order valence-corrected chi connectivity index (χ2v) is 10.6. The van der Waals surface area contributed by atoms with Gasteiger partial charge in [0.2, 0.25) is 0 Å². The minimum absolute atomic E-state index is 0.165. The van der Waals surface area contributed by atoms with Crippen LogP contribution in [0.1, 0.15) is 117 Å². The lowest BCUT2D eigenvalue weighted by molar-refractivity contribution is -0.283. The van der Waals surface area contributed by atoms with Crippen molar-refractivity contribution in [3.8, 4) is 5.75 Å². The topological polar surface area (TPSA) is 59.0 Å². The van der Waals surface area contributed by atoms with Crippen molar-refractivity contribution in [2.75, 3.05) is 6.61 Å². The van der Waals surface area contributed by atoms with E-state index in [4.69, 9.17) is 14.7 Å². The zero-order chi connectivity index (χ0) is 23.6. The number of hydrogen-bond acceptors (Lipinski definition) is 4. The Morgan fingerprint density at radius 3 is 2.03 bits per heavy atom. The van der Waals surface area contributed by atoms with E-state index in [1.165, 1.54) is 51.4 Å². The molecule has 1 fully saturated rings. The van der Waals surface area contributed by atoms with Crippen LogP contribution in [0, 0.1) is 0 Å². The quantitative estimate of drug-likeness (QED) is 0.189. The Labute approximate surface area is 195 Å². The summed E-state index contributed by atoms with van der Waals surface area (Å²) in [5, 5.41) is 11.3. The molecule has 0 amide bonds. The summed E-state index contributed by atoms with van der Waals surface area (Å²) >= 11 is 0. The SMILES string of the molecule is CCCCCCCCCCCON1C(C)(C)CC(c2ccccc2OC(=O)O)CC1(C)C. The number of carboxylic acid groups (broad SMARTS) is 1. The number of unbranched alkanes of at least 4 members (excludes halogenated alkanes) is 8. The number of piperidine rings is 1. The number of benzene rings is 1. The van der Waals surface area contributed by atoms with E-state index in [0.717, 1.165) is 31.4 Å². The average Bonchev–Trinajstić information content (AvgIpc) is 2.70. The first-order valence-corrected chi connectivity index (χ1v) is 12.6. The fourth-order valence-corrected chi connectivity index (χ4v) is 5.41. The molecule has 182 valence electrons. The van der Waals surface area contributed by atoms with Crippen LogP contribution in [0.25, 0.3) is 0 Å². The largest absolute Gasteiger partial charge is 0.511 e. The number of ether oxygens (including phenoxy) is 1. The van der Waals surface area contributed by atoms with Crippen LogP contribution in [-0.4, -0.2) is 34.0 Å². The molecular formula is C27H45NO4. The lowest BCUT2D eigenvalue weighted by Crippen LogP contribution is -2.59. The monoisotopic (exact) mass is 447 g/mol. The van der Waals surface area contributed by atoms with E-state index in [1.54, 1.807) is 6.07 Å². The number of rotatable bonds is 13. The van der Waals surface area contributed by atoms with Gasteiger partial charge in [-0.05, 0) is 64.5 Å². The predicted octanol–water partition coefficient (Wildman–Crippen LogP) is 7.94. The Morgan fingerprint density at radius 1 is 0.938 bits per heavy atom. The maximum Gasteiger partial charge on any atom is 0.511 e. The van der Waals surface area contributed by atoms with E-state index in [2.05, 4.69) is 39.7 Å². The fourth-order valence-electron chi connectivity index (χ4n) is 5.41. The number of nitrogens with zero attached hydrogens (tertiary/aromatic N) is 1. The van der Waals surface area contributed by atoms with Crippen molar-refractivity contribution >= 4 is 6.16 Å². The molecule has 0 aliphatic carbocycles. The van der Waals surface area contributed by atoms with Gasteiger partial charge in [-0.1, -0.05) is 76.5 Å². The van der Waals surface area contributed by atoms with Gasteiger partial charge in [0.05, 0.1) is 6.61 Å². The van der Waals surface area contributed by atoms with Crippen LogP contribution in [0.4, 0.5) is 4.79 Å². The van der Waals surface area contributed by atoms with E-state index in [9.17, 15) is 4.79 Å². The van der Waals surface area contributed by atoms with Crippen molar-refractivity contribution in [3.05, 3.63) is 29.8 Å². The molecule has 32 heavy (non-hydrogen) atoms. The molecule has 0 spiro atoms. The van der Waals surface area contributed by atoms with Crippen molar-refractivity contribution in [2.24, 2.45) is 0 Å². The number of para-hydroxylation sites is 1. The molecule has 0 saturated carbocycles. The summed E-state index contributed by atoms with van der Waals surface area (Å²) in [6.45, 7) is 11.9. The molecule has 0 aromatic heterocycles. The van der Waals surface area contributed by atoms with Gasteiger partial charge in [-0.3, -0.25) is 4.84 Å². The number of hydrogen-bond donors (Lipinski definition) is 1. The highest BCUT2D eigenvalue weighted by atomic mass is 16.7.